The van der Waals surface area contributed by atoms with Gasteiger partial charge in [-0.15, -0.1) is 0 Å². The van der Waals surface area contributed by atoms with Gasteiger partial charge in [-0.25, -0.2) is 0 Å². The standard InChI is InChI=1S/C23H33NO3.C16H24O3/c1-4-6-7-17(5-2)16-27-21-9-8-18(15-22(21)26-3)14-20-23(25)19-10-12-24(20)13-11-19;1-4-6-7-13(5-2)12-19-15-9-8-14(11-17)10-16(15)18-3/h8-9,14-15,17,19H,4-7,10-13,16H2,1-3H3;8-11,13H,4-7,12H2,1-3H3. The second kappa shape index (κ2) is 19.9. The summed E-state index contributed by atoms with van der Waals surface area (Å²) >= 11 is 0. The van der Waals surface area contributed by atoms with Gasteiger partial charge in [-0.2, -0.15) is 0 Å². The van der Waals surface area contributed by atoms with Crippen molar-refractivity contribution < 1.29 is 28.5 Å². The van der Waals surface area contributed by atoms with Crippen LogP contribution in [0.3, 0.4) is 0 Å². The molecular weight excluding hydrogens is 578 g/mol. The van der Waals surface area contributed by atoms with Gasteiger partial charge in [0.2, 0.25) is 0 Å². The maximum Gasteiger partial charge on any atom is 0.182 e. The van der Waals surface area contributed by atoms with Crippen LogP contribution in [0.5, 0.6) is 23.0 Å². The van der Waals surface area contributed by atoms with E-state index >= 15 is 0 Å². The van der Waals surface area contributed by atoms with E-state index in [2.05, 4.69) is 32.6 Å². The van der Waals surface area contributed by atoms with Crippen LogP contribution in [0.1, 0.15) is 108 Å². The van der Waals surface area contributed by atoms with Gasteiger partial charge in [-0.1, -0.05) is 72.3 Å². The minimum atomic E-state index is 0.222. The minimum Gasteiger partial charge on any atom is -0.493 e. The number of nitrogens with zero attached hydrogens (tertiary/aromatic N) is 1. The van der Waals surface area contributed by atoms with Gasteiger partial charge >= 0.3 is 0 Å². The summed E-state index contributed by atoms with van der Waals surface area (Å²) in [7, 11) is 3.26. The number of unbranched alkanes of at least 4 members (excludes halogenated alkanes) is 2. The Bertz CT molecular complexity index is 1250. The first-order chi connectivity index (χ1) is 22.4. The zero-order valence-corrected chi connectivity index (χ0v) is 29.1. The molecule has 3 heterocycles. The van der Waals surface area contributed by atoms with Crippen LogP contribution in [-0.2, 0) is 4.79 Å². The number of hydrogen-bond acceptors (Lipinski definition) is 7. The van der Waals surface area contributed by atoms with Gasteiger partial charge in [-0.3, -0.25) is 9.59 Å². The molecule has 3 aliphatic heterocycles. The average Bonchev–Trinajstić information content (AvgIpc) is 3.10. The van der Waals surface area contributed by atoms with Gasteiger partial charge in [0.1, 0.15) is 6.29 Å². The van der Waals surface area contributed by atoms with Crippen molar-refractivity contribution >= 4 is 18.1 Å². The fraction of sp³-hybridized carbons (Fsp3) is 0.590. The van der Waals surface area contributed by atoms with Gasteiger partial charge in [-0.05, 0) is 79.5 Å². The summed E-state index contributed by atoms with van der Waals surface area (Å²) in [6.45, 7) is 12.3. The lowest BCUT2D eigenvalue weighted by atomic mass is 9.84. The number of rotatable bonds is 18. The number of fused-ring (bicyclic) bond motifs is 3. The maximum absolute atomic E-state index is 12.5. The minimum absolute atomic E-state index is 0.222. The van der Waals surface area contributed by atoms with E-state index in [1.165, 1.54) is 38.5 Å². The second-order valence-electron chi connectivity index (χ2n) is 12.5. The largest absolute Gasteiger partial charge is 0.493 e. The molecule has 2 bridgehead atoms. The molecule has 2 aromatic carbocycles. The molecule has 7 heteroatoms. The number of hydrogen-bond donors (Lipinski definition) is 0. The van der Waals surface area contributed by atoms with Crippen molar-refractivity contribution in [3.63, 3.8) is 0 Å². The average molecular weight is 636 g/mol. The number of carbonyl (C=O) groups excluding carboxylic acids is 2. The zero-order chi connectivity index (χ0) is 33.3. The van der Waals surface area contributed by atoms with Gasteiger partial charge in [0, 0.05) is 24.6 Å². The molecule has 254 valence electrons. The molecule has 0 spiro atoms. The number of ketones is 1. The highest BCUT2D eigenvalue weighted by molar-refractivity contribution is 6.02. The predicted molar refractivity (Wildman–Crippen MR) is 186 cm³/mol. The maximum atomic E-state index is 12.5. The number of piperidine rings is 3. The Morgan fingerprint density at radius 2 is 1.26 bits per heavy atom. The summed E-state index contributed by atoms with van der Waals surface area (Å²) in [6.07, 6.45) is 14.4. The summed E-state index contributed by atoms with van der Waals surface area (Å²) in [6, 6.07) is 11.2. The summed E-state index contributed by atoms with van der Waals surface area (Å²) in [5, 5.41) is 0. The van der Waals surface area contributed by atoms with Crippen molar-refractivity contribution in [1.82, 2.24) is 4.90 Å². The van der Waals surface area contributed by atoms with Crippen LogP contribution >= 0.6 is 0 Å². The Morgan fingerprint density at radius 3 is 1.70 bits per heavy atom. The molecule has 2 atom stereocenters. The van der Waals surface area contributed by atoms with Crippen molar-refractivity contribution in [2.75, 3.05) is 40.5 Å². The Balaban J connectivity index is 0.000000268. The van der Waals surface area contributed by atoms with Crippen molar-refractivity contribution in [3.8, 4) is 23.0 Å². The molecule has 3 aliphatic rings. The van der Waals surface area contributed by atoms with Gasteiger partial charge in [0.25, 0.3) is 0 Å². The van der Waals surface area contributed by atoms with Crippen LogP contribution in [0.15, 0.2) is 42.1 Å². The predicted octanol–water partition coefficient (Wildman–Crippen LogP) is 9.03. The third-order valence-electron chi connectivity index (χ3n) is 9.31. The lowest BCUT2D eigenvalue weighted by Gasteiger charge is -2.41. The normalized spacial score (nSPS) is 16.4. The Morgan fingerprint density at radius 1 is 0.761 bits per heavy atom. The first-order valence-corrected chi connectivity index (χ1v) is 17.5. The monoisotopic (exact) mass is 635 g/mol. The lowest BCUT2D eigenvalue weighted by molar-refractivity contribution is -0.125. The van der Waals surface area contributed by atoms with Gasteiger partial charge < -0.3 is 23.8 Å². The zero-order valence-electron chi connectivity index (χ0n) is 29.1. The molecule has 3 saturated heterocycles. The molecule has 0 N–H and O–H groups in total. The second-order valence-corrected chi connectivity index (χ2v) is 12.5. The van der Waals surface area contributed by atoms with Crippen LogP contribution < -0.4 is 18.9 Å². The Hall–Kier alpha value is -3.48. The number of methoxy groups -OCH3 is 2. The molecule has 46 heavy (non-hydrogen) atoms. The number of ether oxygens (including phenoxy) is 4. The number of aldehydes is 1. The topological polar surface area (TPSA) is 74.3 Å². The highest BCUT2D eigenvalue weighted by Gasteiger charge is 2.36. The van der Waals surface area contributed by atoms with E-state index < -0.39 is 0 Å². The first-order valence-electron chi connectivity index (χ1n) is 17.5. The van der Waals surface area contributed by atoms with E-state index in [-0.39, 0.29) is 5.92 Å². The molecule has 0 amide bonds. The highest BCUT2D eigenvalue weighted by Crippen LogP contribution is 2.35. The fourth-order valence-electron chi connectivity index (χ4n) is 6.05. The van der Waals surface area contributed by atoms with Crippen molar-refractivity contribution in [1.29, 1.82) is 0 Å². The van der Waals surface area contributed by atoms with E-state index in [9.17, 15) is 9.59 Å². The van der Waals surface area contributed by atoms with E-state index in [1.807, 2.05) is 24.3 Å². The van der Waals surface area contributed by atoms with Crippen LogP contribution in [0, 0.1) is 17.8 Å². The van der Waals surface area contributed by atoms with E-state index in [0.29, 0.717) is 41.3 Å². The SMILES string of the molecule is CCCCC(CC)COc1ccc(C=C2C(=O)C3CCN2CC3)cc1OC.CCCCC(CC)COc1ccc(C=O)cc1OC. The van der Waals surface area contributed by atoms with E-state index in [0.717, 1.165) is 74.4 Å². The number of allylic oxidation sites excluding steroid dienone is 1. The number of carbonyl (C=O) groups is 2. The molecule has 3 fully saturated rings. The third-order valence-corrected chi connectivity index (χ3v) is 9.31. The van der Waals surface area contributed by atoms with Crippen molar-refractivity contribution in [2.45, 2.75) is 91.9 Å². The highest BCUT2D eigenvalue weighted by atomic mass is 16.5. The van der Waals surface area contributed by atoms with Crippen molar-refractivity contribution in [2.24, 2.45) is 17.8 Å². The third kappa shape index (κ3) is 10.8. The van der Waals surface area contributed by atoms with Crippen LogP contribution in [0.2, 0.25) is 0 Å². The molecule has 2 aromatic rings. The number of benzene rings is 2. The fourth-order valence-corrected chi connectivity index (χ4v) is 6.05. The van der Waals surface area contributed by atoms with Gasteiger partial charge in [0.05, 0.1) is 33.1 Å². The molecule has 2 unspecified atom stereocenters. The summed E-state index contributed by atoms with van der Waals surface area (Å²) in [5.74, 6) is 4.53. The van der Waals surface area contributed by atoms with E-state index in [1.54, 1.807) is 32.4 Å². The van der Waals surface area contributed by atoms with Crippen LogP contribution in [0.25, 0.3) is 6.08 Å². The molecule has 7 nitrogen and oxygen atoms in total. The number of Topliss-reactive ketones (excluding diaryl/α,β-unsaturated/α-hetero) is 1. The smallest absolute Gasteiger partial charge is 0.182 e. The van der Waals surface area contributed by atoms with Crippen molar-refractivity contribution in [3.05, 3.63) is 53.2 Å². The molecule has 0 aliphatic carbocycles. The van der Waals surface area contributed by atoms with Gasteiger partial charge in [0.15, 0.2) is 28.8 Å². The van der Waals surface area contributed by atoms with Crippen LogP contribution in [0.4, 0.5) is 0 Å². The summed E-state index contributed by atoms with van der Waals surface area (Å²) in [4.78, 5) is 25.5. The molecule has 0 radical (unpaired) electrons. The molecule has 0 saturated carbocycles. The van der Waals surface area contributed by atoms with Crippen LogP contribution in [-0.4, -0.2) is 57.5 Å². The summed E-state index contributed by atoms with van der Waals surface area (Å²) in [5.41, 5.74) is 2.45. The van der Waals surface area contributed by atoms with E-state index in [4.69, 9.17) is 18.9 Å². The molecular formula is C39H57NO6. The Kier molecular flexibility index (Phi) is 16.0. The quantitative estimate of drug-likeness (QED) is 0.120. The first kappa shape index (κ1) is 37.0. The molecule has 0 aromatic heterocycles. The Labute approximate surface area is 277 Å². The summed E-state index contributed by atoms with van der Waals surface area (Å²) < 4.78 is 22.7. The molecule has 5 rings (SSSR count). The lowest BCUT2D eigenvalue weighted by Crippen LogP contribution is -2.45.